The molecule has 0 aliphatic carbocycles. The maximum absolute atomic E-state index is 11.4. The highest BCUT2D eigenvalue weighted by Gasteiger charge is 2.41. The number of unbranched alkanes of at least 4 members (excludes halogenated alkanes) is 1. The van der Waals surface area contributed by atoms with E-state index in [1.807, 2.05) is 19.9 Å². The van der Waals surface area contributed by atoms with E-state index in [0.29, 0.717) is 0 Å². The minimum atomic E-state index is -0.366. The van der Waals surface area contributed by atoms with Gasteiger partial charge in [-0.1, -0.05) is 25.5 Å². The van der Waals surface area contributed by atoms with Crippen LogP contribution < -0.4 is 0 Å². The topological polar surface area (TPSA) is 26.3 Å². The van der Waals surface area contributed by atoms with Crippen LogP contribution in [0.25, 0.3) is 0 Å². The lowest BCUT2D eigenvalue weighted by molar-refractivity contribution is -0.145. The van der Waals surface area contributed by atoms with E-state index in [-0.39, 0.29) is 17.5 Å². The summed E-state index contributed by atoms with van der Waals surface area (Å²) in [6.45, 7) is 6.02. The third-order valence-electron chi connectivity index (χ3n) is 2.43. The van der Waals surface area contributed by atoms with E-state index < -0.39 is 0 Å². The first kappa shape index (κ1) is 10.3. The average Bonchev–Trinajstić information content (AvgIpc) is 2.27. The maximum Gasteiger partial charge on any atom is 0.316 e. The van der Waals surface area contributed by atoms with E-state index in [9.17, 15) is 4.79 Å². The van der Waals surface area contributed by atoms with Crippen LogP contribution in [0.4, 0.5) is 0 Å². The highest BCUT2D eigenvalue weighted by Crippen LogP contribution is 2.34. The molecule has 0 saturated carbocycles. The summed E-state index contributed by atoms with van der Waals surface area (Å²) in [5.41, 5.74) is -0.366. The minimum absolute atomic E-state index is 0.0729. The summed E-state index contributed by atoms with van der Waals surface area (Å²) < 4.78 is 5.12. The van der Waals surface area contributed by atoms with Gasteiger partial charge >= 0.3 is 5.97 Å². The Hall–Kier alpha value is -0.790. The lowest BCUT2D eigenvalue weighted by Crippen LogP contribution is -2.18. The standard InChI is InChI=1S/C11H18O2/c1-4-5-6-7-11(3)8-9(2)13-10(11)12/h6-7,9H,4-5,8H2,1-3H3. The third kappa shape index (κ3) is 2.33. The molecule has 2 heteroatoms. The van der Waals surface area contributed by atoms with E-state index in [4.69, 9.17) is 4.74 Å². The first-order valence-corrected chi connectivity index (χ1v) is 4.97. The van der Waals surface area contributed by atoms with Crippen LogP contribution in [0.3, 0.4) is 0 Å². The summed E-state index contributed by atoms with van der Waals surface area (Å²) in [5, 5.41) is 0. The summed E-state index contributed by atoms with van der Waals surface area (Å²) in [7, 11) is 0. The predicted molar refractivity (Wildman–Crippen MR) is 52.3 cm³/mol. The highest BCUT2D eigenvalue weighted by atomic mass is 16.6. The second kappa shape index (κ2) is 3.95. The lowest BCUT2D eigenvalue weighted by Gasteiger charge is -2.12. The summed E-state index contributed by atoms with van der Waals surface area (Å²) >= 11 is 0. The molecular weight excluding hydrogens is 164 g/mol. The predicted octanol–water partition coefficient (Wildman–Crippen LogP) is 2.68. The molecule has 1 aliphatic rings. The van der Waals surface area contributed by atoms with E-state index in [1.165, 1.54) is 0 Å². The number of cyclic esters (lactones) is 1. The van der Waals surface area contributed by atoms with Gasteiger partial charge in [-0.2, -0.15) is 0 Å². The van der Waals surface area contributed by atoms with Gasteiger partial charge in [-0.05, 0) is 20.3 Å². The molecule has 0 aromatic rings. The van der Waals surface area contributed by atoms with Crippen LogP contribution in [0.1, 0.15) is 40.0 Å². The number of carbonyl (C=O) groups is 1. The number of esters is 1. The van der Waals surface area contributed by atoms with Crippen molar-refractivity contribution in [1.82, 2.24) is 0 Å². The van der Waals surface area contributed by atoms with Gasteiger partial charge in [-0.15, -0.1) is 0 Å². The van der Waals surface area contributed by atoms with Gasteiger partial charge in [0.2, 0.25) is 0 Å². The fourth-order valence-corrected chi connectivity index (χ4v) is 1.69. The van der Waals surface area contributed by atoms with Crippen molar-refractivity contribution >= 4 is 5.97 Å². The number of hydrogen-bond acceptors (Lipinski definition) is 2. The van der Waals surface area contributed by atoms with Crippen molar-refractivity contribution in [2.45, 2.75) is 46.1 Å². The number of carbonyl (C=O) groups excluding carboxylic acids is 1. The largest absolute Gasteiger partial charge is 0.462 e. The zero-order valence-corrected chi connectivity index (χ0v) is 8.67. The fraction of sp³-hybridized carbons (Fsp3) is 0.727. The van der Waals surface area contributed by atoms with Gasteiger partial charge in [0.15, 0.2) is 0 Å². The Morgan fingerprint density at radius 1 is 1.69 bits per heavy atom. The van der Waals surface area contributed by atoms with Gasteiger partial charge in [0.1, 0.15) is 6.10 Å². The zero-order chi connectivity index (χ0) is 9.90. The second-order valence-electron chi connectivity index (χ2n) is 4.03. The first-order chi connectivity index (χ1) is 6.08. The molecule has 0 aromatic carbocycles. The number of ether oxygens (including phenoxy) is 1. The molecule has 2 nitrogen and oxygen atoms in total. The van der Waals surface area contributed by atoms with Crippen molar-refractivity contribution in [2.75, 3.05) is 0 Å². The van der Waals surface area contributed by atoms with Gasteiger partial charge in [0.05, 0.1) is 5.41 Å². The molecule has 0 spiro atoms. The zero-order valence-electron chi connectivity index (χ0n) is 8.67. The van der Waals surface area contributed by atoms with Gasteiger partial charge in [0.25, 0.3) is 0 Å². The average molecular weight is 182 g/mol. The van der Waals surface area contributed by atoms with Gasteiger partial charge in [-0.3, -0.25) is 4.79 Å². The number of rotatable bonds is 3. The van der Waals surface area contributed by atoms with Crippen molar-refractivity contribution in [3.8, 4) is 0 Å². The molecule has 1 rings (SSSR count). The molecule has 0 N–H and O–H groups in total. The van der Waals surface area contributed by atoms with Crippen molar-refractivity contribution in [2.24, 2.45) is 5.41 Å². The van der Waals surface area contributed by atoms with E-state index >= 15 is 0 Å². The van der Waals surface area contributed by atoms with Crippen LogP contribution in [-0.2, 0) is 9.53 Å². The van der Waals surface area contributed by atoms with Gasteiger partial charge < -0.3 is 4.74 Å². The lowest BCUT2D eigenvalue weighted by atomic mass is 9.87. The molecule has 2 unspecified atom stereocenters. The fourth-order valence-electron chi connectivity index (χ4n) is 1.69. The van der Waals surface area contributed by atoms with Crippen LogP contribution in [0.2, 0.25) is 0 Å². The quantitative estimate of drug-likeness (QED) is 0.495. The Balaban J connectivity index is 2.60. The molecule has 1 aliphatic heterocycles. The molecule has 1 heterocycles. The van der Waals surface area contributed by atoms with Crippen molar-refractivity contribution in [3.05, 3.63) is 12.2 Å². The Kier molecular flexibility index (Phi) is 3.12. The number of hydrogen-bond donors (Lipinski definition) is 0. The molecule has 1 saturated heterocycles. The van der Waals surface area contributed by atoms with Crippen molar-refractivity contribution in [3.63, 3.8) is 0 Å². The molecule has 0 bridgehead atoms. The van der Waals surface area contributed by atoms with Crippen LogP contribution in [0.15, 0.2) is 12.2 Å². The summed E-state index contributed by atoms with van der Waals surface area (Å²) in [6, 6.07) is 0. The smallest absolute Gasteiger partial charge is 0.316 e. The maximum atomic E-state index is 11.4. The molecule has 74 valence electrons. The monoisotopic (exact) mass is 182 g/mol. The normalized spacial score (nSPS) is 34.1. The Morgan fingerprint density at radius 2 is 2.38 bits per heavy atom. The molecule has 2 atom stereocenters. The highest BCUT2D eigenvalue weighted by molar-refractivity contribution is 5.80. The molecule has 13 heavy (non-hydrogen) atoms. The van der Waals surface area contributed by atoms with E-state index in [1.54, 1.807) is 0 Å². The minimum Gasteiger partial charge on any atom is -0.462 e. The Morgan fingerprint density at radius 3 is 2.85 bits per heavy atom. The van der Waals surface area contributed by atoms with Crippen molar-refractivity contribution in [1.29, 1.82) is 0 Å². The Bertz CT molecular complexity index is 220. The molecule has 0 radical (unpaired) electrons. The van der Waals surface area contributed by atoms with Crippen molar-refractivity contribution < 1.29 is 9.53 Å². The molecule has 0 aromatic heterocycles. The molecule has 0 amide bonds. The third-order valence-corrected chi connectivity index (χ3v) is 2.43. The Labute approximate surface area is 80.0 Å². The van der Waals surface area contributed by atoms with Crippen LogP contribution in [0.5, 0.6) is 0 Å². The van der Waals surface area contributed by atoms with E-state index in [0.717, 1.165) is 19.3 Å². The van der Waals surface area contributed by atoms with Crippen LogP contribution in [-0.4, -0.2) is 12.1 Å². The molecular formula is C11H18O2. The summed E-state index contributed by atoms with van der Waals surface area (Å²) in [4.78, 5) is 11.4. The van der Waals surface area contributed by atoms with Gasteiger partial charge in [-0.25, -0.2) is 0 Å². The molecule has 1 fully saturated rings. The number of allylic oxidation sites excluding steroid dienone is 1. The summed E-state index contributed by atoms with van der Waals surface area (Å²) in [5.74, 6) is -0.0765. The van der Waals surface area contributed by atoms with Gasteiger partial charge in [0, 0.05) is 6.42 Å². The van der Waals surface area contributed by atoms with Crippen LogP contribution in [0, 0.1) is 5.41 Å². The van der Waals surface area contributed by atoms with E-state index in [2.05, 4.69) is 13.0 Å². The first-order valence-electron chi connectivity index (χ1n) is 4.97. The SMILES string of the molecule is CCCC=CC1(C)CC(C)OC1=O. The van der Waals surface area contributed by atoms with Crippen LogP contribution >= 0.6 is 0 Å². The summed E-state index contributed by atoms with van der Waals surface area (Å²) in [6.07, 6.45) is 7.13. The second-order valence-corrected chi connectivity index (χ2v) is 4.03.